The van der Waals surface area contributed by atoms with Crippen LogP contribution in [0.3, 0.4) is 0 Å². The molecule has 0 unspecified atom stereocenters. The van der Waals surface area contributed by atoms with Crippen molar-refractivity contribution in [3.05, 3.63) is 46.8 Å². The van der Waals surface area contributed by atoms with E-state index in [2.05, 4.69) is 10.3 Å². The van der Waals surface area contributed by atoms with E-state index in [1.165, 1.54) is 6.92 Å². The molecule has 0 fully saturated rings. The number of carbonyl (C=O) groups excluding carboxylic acids is 2. The predicted octanol–water partition coefficient (Wildman–Crippen LogP) is 3.58. The molecule has 1 amide bonds. The molecule has 2 aromatic rings. The number of aliphatic carboxylic acids is 1. The van der Waals surface area contributed by atoms with Crippen molar-refractivity contribution < 1.29 is 24.2 Å². The van der Waals surface area contributed by atoms with E-state index in [9.17, 15) is 14.4 Å². The molecule has 0 saturated heterocycles. The Morgan fingerprint density at radius 3 is 2.41 bits per heavy atom. The minimum atomic E-state index is -0.851. The van der Waals surface area contributed by atoms with Gasteiger partial charge in [-0.3, -0.25) is 14.4 Å². The van der Waals surface area contributed by atoms with Gasteiger partial charge in [0, 0.05) is 23.4 Å². The van der Waals surface area contributed by atoms with Crippen molar-refractivity contribution in [2.45, 2.75) is 40.0 Å². The fraction of sp³-hybridized carbons (Fsp3) is 0.350. The zero-order valence-electron chi connectivity index (χ0n) is 15.7. The van der Waals surface area contributed by atoms with E-state index < -0.39 is 5.97 Å². The minimum Gasteiger partial charge on any atom is -0.494 e. The van der Waals surface area contributed by atoms with Gasteiger partial charge >= 0.3 is 5.97 Å². The maximum atomic E-state index is 12.6. The number of nitrogens with one attached hydrogen (secondary N) is 2. The Balaban J connectivity index is 2.03. The summed E-state index contributed by atoms with van der Waals surface area (Å²) in [4.78, 5) is 37.9. The average molecular weight is 372 g/mol. The Bertz CT molecular complexity index is 837. The molecule has 3 N–H and O–H groups in total. The van der Waals surface area contributed by atoms with Crippen molar-refractivity contribution in [1.29, 1.82) is 0 Å². The number of aromatic nitrogens is 1. The van der Waals surface area contributed by atoms with Crippen molar-refractivity contribution in [3.63, 3.8) is 0 Å². The van der Waals surface area contributed by atoms with Gasteiger partial charge in [-0.25, -0.2) is 0 Å². The van der Waals surface area contributed by atoms with E-state index in [-0.39, 0.29) is 18.1 Å². The lowest BCUT2D eigenvalue weighted by molar-refractivity contribution is -0.137. The van der Waals surface area contributed by atoms with Gasteiger partial charge in [0.15, 0.2) is 5.78 Å². The number of anilines is 1. The van der Waals surface area contributed by atoms with Crippen molar-refractivity contribution in [1.82, 2.24) is 4.98 Å². The van der Waals surface area contributed by atoms with Crippen LogP contribution in [0.4, 0.5) is 5.69 Å². The summed E-state index contributed by atoms with van der Waals surface area (Å²) in [7, 11) is 0. The molecule has 1 heterocycles. The lowest BCUT2D eigenvalue weighted by Gasteiger charge is -2.08. The third kappa shape index (κ3) is 5.20. The lowest BCUT2D eigenvalue weighted by atomic mass is 10.0. The zero-order chi connectivity index (χ0) is 20.0. The van der Waals surface area contributed by atoms with Gasteiger partial charge in [0.1, 0.15) is 11.4 Å². The molecule has 144 valence electrons. The Morgan fingerprint density at radius 2 is 1.85 bits per heavy atom. The first-order valence-corrected chi connectivity index (χ1v) is 8.81. The molecular formula is C20H24N2O5. The molecule has 0 atom stereocenters. The van der Waals surface area contributed by atoms with E-state index in [4.69, 9.17) is 9.84 Å². The van der Waals surface area contributed by atoms with Crippen LogP contribution in [-0.4, -0.2) is 34.4 Å². The van der Waals surface area contributed by atoms with Crippen LogP contribution in [0.25, 0.3) is 0 Å². The van der Waals surface area contributed by atoms with Gasteiger partial charge in [-0.1, -0.05) is 6.92 Å². The highest BCUT2D eigenvalue weighted by atomic mass is 16.5. The van der Waals surface area contributed by atoms with E-state index in [1.807, 2.05) is 6.92 Å². The summed E-state index contributed by atoms with van der Waals surface area (Å²) in [5.74, 6) is -0.626. The number of carbonyl (C=O) groups is 3. The highest BCUT2D eigenvalue weighted by molar-refractivity contribution is 6.07. The molecule has 1 aromatic carbocycles. The number of hydrogen-bond acceptors (Lipinski definition) is 4. The monoisotopic (exact) mass is 372 g/mol. The fourth-order valence-electron chi connectivity index (χ4n) is 2.94. The van der Waals surface area contributed by atoms with Crippen LogP contribution in [0.2, 0.25) is 0 Å². The third-order valence-electron chi connectivity index (χ3n) is 4.14. The highest BCUT2D eigenvalue weighted by Gasteiger charge is 2.21. The summed E-state index contributed by atoms with van der Waals surface area (Å²) in [6.45, 7) is 5.49. The summed E-state index contributed by atoms with van der Waals surface area (Å²) in [5, 5.41) is 11.4. The third-order valence-corrected chi connectivity index (χ3v) is 4.14. The Labute approximate surface area is 157 Å². The van der Waals surface area contributed by atoms with Crippen LogP contribution in [0, 0.1) is 6.92 Å². The smallest absolute Gasteiger partial charge is 0.303 e. The van der Waals surface area contributed by atoms with Crippen LogP contribution >= 0.6 is 0 Å². The van der Waals surface area contributed by atoms with Crippen molar-refractivity contribution in [2.75, 3.05) is 11.9 Å². The van der Waals surface area contributed by atoms with E-state index in [0.717, 1.165) is 5.56 Å². The first-order valence-electron chi connectivity index (χ1n) is 8.81. The van der Waals surface area contributed by atoms with Gasteiger partial charge in [-0.15, -0.1) is 0 Å². The molecule has 0 aliphatic carbocycles. The quantitative estimate of drug-likeness (QED) is 0.460. The Hall–Kier alpha value is -3.09. The van der Waals surface area contributed by atoms with E-state index in [1.54, 1.807) is 31.2 Å². The van der Waals surface area contributed by atoms with Gasteiger partial charge < -0.3 is 20.1 Å². The molecule has 0 aliphatic heterocycles. The number of aryl methyl sites for hydroxylation is 1. The van der Waals surface area contributed by atoms with Gasteiger partial charge in [0.05, 0.1) is 6.61 Å². The molecule has 1 aromatic heterocycles. The number of Topliss-reactive ketones (excluding diaryl/α,β-unsaturated/α-hetero) is 1. The molecule has 0 spiro atoms. The second-order valence-electron chi connectivity index (χ2n) is 6.21. The number of carboxylic acid groups (broad SMARTS) is 1. The maximum absolute atomic E-state index is 12.6. The topological polar surface area (TPSA) is 108 Å². The number of ether oxygens (including phenoxy) is 1. The standard InChI is InChI=1S/C20H24N2O5/c1-4-16-18(13(3)23)12(2)21-19(16)20(26)22-14-7-9-15(10-8-14)27-11-5-6-17(24)25/h7-10,21H,4-6,11H2,1-3H3,(H,22,26)(H,24,25). The molecule has 0 saturated carbocycles. The SMILES string of the molecule is CCc1c(C(=O)Nc2ccc(OCCCC(=O)O)cc2)[nH]c(C)c1C(C)=O. The first-order chi connectivity index (χ1) is 12.8. The summed E-state index contributed by atoms with van der Waals surface area (Å²) >= 11 is 0. The summed E-state index contributed by atoms with van der Waals surface area (Å²) in [6, 6.07) is 6.82. The average Bonchev–Trinajstić information content (AvgIpc) is 2.96. The summed E-state index contributed by atoms with van der Waals surface area (Å²) in [5.41, 5.74) is 2.98. The van der Waals surface area contributed by atoms with Crippen LogP contribution in [0.1, 0.15) is 58.8 Å². The molecule has 7 heteroatoms. The minimum absolute atomic E-state index is 0.0612. The molecule has 7 nitrogen and oxygen atoms in total. The fourth-order valence-corrected chi connectivity index (χ4v) is 2.94. The second kappa shape index (κ2) is 9.02. The van der Waals surface area contributed by atoms with Gasteiger partial charge in [0.25, 0.3) is 5.91 Å². The number of benzene rings is 1. The van der Waals surface area contributed by atoms with Crippen molar-refractivity contribution >= 4 is 23.3 Å². The van der Waals surface area contributed by atoms with Crippen LogP contribution in [0.5, 0.6) is 5.75 Å². The van der Waals surface area contributed by atoms with Gasteiger partial charge in [0.2, 0.25) is 0 Å². The second-order valence-corrected chi connectivity index (χ2v) is 6.21. The van der Waals surface area contributed by atoms with Crippen molar-refractivity contribution in [3.8, 4) is 5.75 Å². The number of hydrogen-bond donors (Lipinski definition) is 3. The normalized spacial score (nSPS) is 10.5. The molecule has 0 aliphatic rings. The molecule has 2 rings (SSSR count). The number of rotatable bonds is 9. The highest BCUT2D eigenvalue weighted by Crippen LogP contribution is 2.22. The summed E-state index contributed by atoms with van der Waals surface area (Å²) < 4.78 is 5.46. The molecular weight excluding hydrogens is 348 g/mol. The number of aromatic amines is 1. The number of amides is 1. The van der Waals surface area contributed by atoms with Crippen LogP contribution < -0.4 is 10.1 Å². The molecule has 0 bridgehead atoms. The maximum Gasteiger partial charge on any atom is 0.303 e. The predicted molar refractivity (Wildman–Crippen MR) is 102 cm³/mol. The van der Waals surface area contributed by atoms with E-state index in [0.29, 0.717) is 47.8 Å². The number of carboxylic acids is 1. The zero-order valence-corrected chi connectivity index (χ0v) is 15.7. The number of ketones is 1. The number of H-pyrrole nitrogens is 1. The van der Waals surface area contributed by atoms with Crippen molar-refractivity contribution in [2.24, 2.45) is 0 Å². The van der Waals surface area contributed by atoms with Gasteiger partial charge in [-0.05, 0) is 56.5 Å². The largest absolute Gasteiger partial charge is 0.494 e. The molecule has 27 heavy (non-hydrogen) atoms. The Morgan fingerprint density at radius 1 is 1.19 bits per heavy atom. The Kier molecular flexibility index (Phi) is 6.76. The van der Waals surface area contributed by atoms with Crippen LogP contribution in [0.15, 0.2) is 24.3 Å². The van der Waals surface area contributed by atoms with Crippen LogP contribution in [-0.2, 0) is 11.2 Å². The molecule has 0 radical (unpaired) electrons. The van der Waals surface area contributed by atoms with E-state index >= 15 is 0 Å². The summed E-state index contributed by atoms with van der Waals surface area (Å²) in [6.07, 6.45) is 1.06. The first kappa shape index (κ1) is 20.2. The van der Waals surface area contributed by atoms with Gasteiger partial charge in [-0.2, -0.15) is 0 Å². The lowest BCUT2D eigenvalue weighted by Crippen LogP contribution is -2.14.